The molecular formula is C49H30N4. The van der Waals surface area contributed by atoms with Crippen LogP contribution >= 0.6 is 0 Å². The van der Waals surface area contributed by atoms with Crippen molar-refractivity contribution in [1.82, 2.24) is 19.5 Å². The predicted octanol–water partition coefficient (Wildman–Crippen LogP) is 12.6. The van der Waals surface area contributed by atoms with E-state index in [-0.39, 0.29) is 0 Å². The van der Waals surface area contributed by atoms with Crippen molar-refractivity contribution in [3.05, 3.63) is 182 Å². The summed E-state index contributed by atoms with van der Waals surface area (Å²) in [6, 6.07) is 64.4. The molecule has 11 rings (SSSR count). The van der Waals surface area contributed by atoms with E-state index in [9.17, 15) is 0 Å². The third kappa shape index (κ3) is 4.66. The molecule has 0 aliphatic heterocycles. The van der Waals surface area contributed by atoms with Crippen LogP contribution in [0.3, 0.4) is 0 Å². The Morgan fingerprint density at radius 3 is 1.58 bits per heavy atom. The van der Waals surface area contributed by atoms with E-state index in [1.807, 2.05) is 18.2 Å². The summed E-state index contributed by atoms with van der Waals surface area (Å²) in [5.74, 6) is 1.93. The van der Waals surface area contributed by atoms with Gasteiger partial charge in [-0.2, -0.15) is 0 Å². The van der Waals surface area contributed by atoms with Gasteiger partial charge in [-0.05, 0) is 85.6 Å². The first kappa shape index (κ1) is 29.5. The Morgan fingerprint density at radius 2 is 0.849 bits per heavy atom. The van der Waals surface area contributed by atoms with Gasteiger partial charge in [0.1, 0.15) is 0 Å². The molecule has 2 heterocycles. The van der Waals surface area contributed by atoms with Crippen molar-refractivity contribution in [1.29, 1.82) is 0 Å². The molecule has 0 unspecified atom stereocenters. The highest BCUT2D eigenvalue weighted by Crippen LogP contribution is 2.39. The zero-order valence-corrected chi connectivity index (χ0v) is 28.6. The molecule has 0 saturated heterocycles. The number of nitrogens with zero attached hydrogens (tertiary/aromatic N) is 4. The minimum absolute atomic E-state index is 0.635. The van der Waals surface area contributed by atoms with E-state index in [1.54, 1.807) is 0 Å². The molecule has 2 aromatic heterocycles. The summed E-state index contributed by atoms with van der Waals surface area (Å²) in [7, 11) is 0. The minimum atomic E-state index is 0.635. The van der Waals surface area contributed by atoms with Crippen LogP contribution in [0.2, 0.25) is 0 Å². The first-order valence-corrected chi connectivity index (χ1v) is 18.0. The lowest BCUT2D eigenvalue weighted by Crippen LogP contribution is -2.01. The van der Waals surface area contributed by atoms with Crippen LogP contribution in [0, 0.1) is 0 Å². The fraction of sp³-hybridized carbons (Fsp3) is 0. The molecule has 246 valence electrons. The summed E-state index contributed by atoms with van der Waals surface area (Å²) >= 11 is 0. The predicted molar refractivity (Wildman–Crippen MR) is 220 cm³/mol. The van der Waals surface area contributed by atoms with E-state index in [0.29, 0.717) is 17.5 Å². The van der Waals surface area contributed by atoms with E-state index in [2.05, 4.69) is 168 Å². The molecular weight excluding hydrogens is 645 g/mol. The van der Waals surface area contributed by atoms with E-state index in [1.165, 1.54) is 54.1 Å². The molecule has 9 aromatic carbocycles. The highest BCUT2D eigenvalue weighted by Gasteiger charge is 2.18. The zero-order chi connectivity index (χ0) is 34.9. The van der Waals surface area contributed by atoms with Gasteiger partial charge in [-0.1, -0.05) is 140 Å². The van der Waals surface area contributed by atoms with Gasteiger partial charge in [-0.15, -0.1) is 0 Å². The van der Waals surface area contributed by atoms with Crippen LogP contribution in [0.25, 0.3) is 105 Å². The second-order valence-corrected chi connectivity index (χ2v) is 13.6. The number of fused-ring (bicyclic) bond motifs is 10. The van der Waals surface area contributed by atoms with Crippen molar-refractivity contribution in [2.24, 2.45) is 0 Å². The van der Waals surface area contributed by atoms with E-state index in [0.717, 1.165) is 33.2 Å². The van der Waals surface area contributed by atoms with Crippen molar-refractivity contribution < 1.29 is 0 Å². The van der Waals surface area contributed by atoms with Gasteiger partial charge >= 0.3 is 0 Å². The third-order valence-electron chi connectivity index (χ3n) is 10.6. The molecule has 0 bridgehead atoms. The highest BCUT2D eigenvalue weighted by atomic mass is 15.0. The molecule has 0 aliphatic rings. The first-order valence-electron chi connectivity index (χ1n) is 18.0. The number of hydrogen-bond donors (Lipinski definition) is 0. The van der Waals surface area contributed by atoms with Gasteiger partial charge in [0.15, 0.2) is 17.5 Å². The summed E-state index contributed by atoms with van der Waals surface area (Å²) in [4.78, 5) is 15.4. The van der Waals surface area contributed by atoms with Crippen molar-refractivity contribution >= 4 is 64.9 Å². The van der Waals surface area contributed by atoms with Crippen molar-refractivity contribution in [3.63, 3.8) is 0 Å². The van der Waals surface area contributed by atoms with E-state index in [4.69, 9.17) is 15.0 Å². The molecule has 11 aromatic rings. The average molecular weight is 675 g/mol. The van der Waals surface area contributed by atoms with Gasteiger partial charge < -0.3 is 4.57 Å². The number of aromatic nitrogens is 4. The van der Waals surface area contributed by atoms with Gasteiger partial charge in [0.05, 0.1) is 11.0 Å². The van der Waals surface area contributed by atoms with Gasteiger partial charge in [0.2, 0.25) is 0 Å². The molecule has 4 heteroatoms. The van der Waals surface area contributed by atoms with Crippen LogP contribution in [0.15, 0.2) is 182 Å². The van der Waals surface area contributed by atoms with Crippen LogP contribution in [-0.4, -0.2) is 19.5 Å². The second kappa shape index (κ2) is 11.7. The Kier molecular flexibility index (Phi) is 6.52. The molecule has 53 heavy (non-hydrogen) atoms. The van der Waals surface area contributed by atoms with Crippen LogP contribution in [0.1, 0.15) is 0 Å². The van der Waals surface area contributed by atoms with Crippen LogP contribution in [0.5, 0.6) is 0 Å². The molecule has 0 saturated carbocycles. The summed E-state index contributed by atoms with van der Waals surface area (Å²) in [6.45, 7) is 0. The van der Waals surface area contributed by atoms with Gasteiger partial charge in [0.25, 0.3) is 0 Å². The fourth-order valence-corrected chi connectivity index (χ4v) is 8.18. The van der Waals surface area contributed by atoms with Gasteiger partial charge in [-0.25, -0.2) is 15.0 Å². The van der Waals surface area contributed by atoms with Crippen molar-refractivity contribution in [3.8, 4) is 39.9 Å². The lowest BCUT2D eigenvalue weighted by Gasteiger charge is -2.14. The SMILES string of the molecule is c1ccc(-c2nc(-c3ccc(-n4c5ccccc5c5c6ccccc6ccc54)cc3)nc(-c3cc4ccc5ccccc5c4c4ccccc34)n2)cc1. The Hall–Kier alpha value is -7.17. The molecule has 4 nitrogen and oxygen atoms in total. The Labute approximate surface area is 305 Å². The fourth-order valence-electron chi connectivity index (χ4n) is 8.18. The topological polar surface area (TPSA) is 43.6 Å². The standard InChI is InChI=1S/C49H30N4/c1-2-14-33(15-3-1)47-50-48(52-49(51-47)42-30-35-23-22-31-12-4-6-16-37(31)45(35)40-19-9-8-18-39(40)42)34-24-27-36(28-25-34)53-43-21-11-10-20-41(43)46-38-17-7-5-13-32(38)26-29-44(46)53/h1-30H. The Morgan fingerprint density at radius 1 is 0.321 bits per heavy atom. The third-order valence-corrected chi connectivity index (χ3v) is 10.6. The number of benzene rings is 9. The normalized spacial score (nSPS) is 11.8. The monoisotopic (exact) mass is 674 g/mol. The van der Waals surface area contributed by atoms with Gasteiger partial charge in [-0.3, -0.25) is 0 Å². The van der Waals surface area contributed by atoms with Crippen LogP contribution in [-0.2, 0) is 0 Å². The van der Waals surface area contributed by atoms with Crippen molar-refractivity contribution in [2.45, 2.75) is 0 Å². The lowest BCUT2D eigenvalue weighted by atomic mass is 9.93. The Bertz CT molecular complexity index is 3220. The average Bonchev–Trinajstić information content (AvgIpc) is 3.58. The van der Waals surface area contributed by atoms with Gasteiger partial charge in [0, 0.05) is 33.2 Å². The molecule has 0 fully saturated rings. The molecule has 0 aliphatic carbocycles. The van der Waals surface area contributed by atoms with Crippen molar-refractivity contribution in [2.75, 3.05) is 0 Å². The number of rotatable bonds is 4. The number of para-hydroxylation sites is 1. The number of hydrogen-bond acceptors (Lipinski definition) is 3. The summed E-state index contributed by atoms with van der Waals surface area (Å²) in [5, 5.41) is 12.2. The summed E-state index contributed by atoms with van der Waals surface area (Å²) in [5.41, 5.74) is 6.30. The molecule has 0 atom stereocenters. The maximum absolute atomic E-state index is 5.22. The smallest absolute Gasteiger partial charge is 0.164 e. The highest BCUT2D eigenvalue weighted by molar-refractivity contribution is 6.23. The largest absolute Gasteiger partial charge is 0.309 e. The second-order valence-electron chi connectivity index (χ2n) is 13.6. The maximum Gasteiger partial charge on any atom is 0.164 e. The molecule has 0 radical (unpaired) electrons. The first-order chi connectivity index (χ1) is 26.3. The summed E-state index contributed by atoms with van der Waals surface area (Å²) in [6.07, 6.45) is 0. The summed E-state index contributed by atoms with van der Waals surface area (Å²) < 4.78 is 2.36. The molecule has 0 amide bonds. The minimum Gasteiger partial charge on any atom is -0.309 e. The lowest BCUT2D eigenvalue weighted by molar-refractivity contribution is 1.08. The Balaban J connectivity index is 1.10. The zero-order valence-electron chi connectivity index (χ0n) is 28.6. The maximum atomic E-state index is 5.22. The van der Waals surface area contributed by atoms with Crippen LogP contribution in [0.4, 0.5) is 0 Å². The molecule has 0 spiro atoms. The van der Waals surface area contributed by atoms with E-state index < -0.39 is 0 Å². The molecule has 0 N–H and O–H groups in total. The van der Waals surface area contributed by atoms with Crippen LogP contribution < -0.4 is 0 Å². The quantitative estimate of drug-likeness (QED) is 0.175. The van der Waals surface area contributed by atoms with E-state index >= 15 is 0 Å².